The van der Waals surface area contributed by atoms with Gasteiger partial charge in [0.1, 0.15) is 0 Å². The first-order valence-electron chi connectivity index (χ1n) is 4.23. The van der Waals surface area contributed by atoms with Gasteiger partial charge in [-0.25, -0.2) is 0 Å². The molecule has 0 bridgehead atoms. The van der Waals surface area contributed by atoms with E-state index in [4.69, 9.17) is 0 Å². The fourth-order valence-electron chi connectivity index (χ4n) is 1.11. The quantitative estimate of drug-likeness (QED) is 0.712. The van der Waals surface area contributed by atoms with Crippen molar-refractivity contribution >= 4 is 7.91 Å². The maximum absolute atomic E-state index is 2.22. The Morgan fingerprint density at radius 3 is 1.31 bits per heavy atom. The Balaban J connectivity index is 2.16. The third kappa shape index (κ3) is 2.53. The second kappa shape index (κ2) is 4.39. The van der Waals surface area contributed by atoms with Crippen LogP contribution >= 0.6 is 0 Å². The fraction of sp³-hybridized carbons (Fsp3) is 0. The summed E-state index contributed by atoms with van der Waals surface area (Å²) < 4.78 is 3.00. The Bertz CT molecular complexity index is 316. The topological polar surface area (TPSA) is 0 Å². The first kappa shape index (κ1) is 8.71. The van der Waals surface area contributed by atoms with Crippen molar-refractivity contribution in [2.24, 2.45) is 0 Å². The molecule has 2 aromatic carbocycles. The molecule has 0 radical (unpaired) electrons. The zero-order chi connectivity index (χ0) is 8.93. The van der Waals surface area contributed by atoms with E-state index in [0.29, 0.717) is 0 Å². The molecule has 0 aromatic heterocycles. The van der Waals surface area contributed by atoms with Crippen LogP contribution in [-0.4, -0.2) is 0 Å². The van der Waals surface area contributed by atoms with Gasteiger partial charge in [-0.05, 0) is 0 Å². The van der Waals surface area contributed by atoms with Crippen LogP contribution < -0.4 is 7.91 Å². The van der Waals surface area contributed by atoms with Gasteiger partial charge in [0.05, 0.1) is 0 Å². The maximum atomic E-state index is 2.22. The van der Waals surface area contributed by atoms with Gasteiger partial charge in [-0.15, -0.1) is 0 Å². The Morgan fingerprint density at radius 1 is 0.538 bits per heavy atom. The summed E-state index contributed by atoms with van der Waals surface area (Å²) in [7, 11) is 0. The minimum absolute atomic E-state index is 0.153. The van der Waals surface area contributed by atoms with E-state index in [-0.39, 0.29) is 18.6 Å². The minimum atomic E-state index is -0.153. The monoisotopic (exact) mass is 252 g/mol. The molecule has 2 aromatic rings. The van der Waals surface area contributed by atoms with E-state index in [1.807, 2.05) is 0 Å². The molecule has 0 fully saturated rings. The Labute approximate surface area is 87.2 Å². The van der Waals surface area contributed by atoms with Gasteiger partial charge in [-0.2, -0.15) is 0 Å². The number of hydrogen-bond donors (Lipinski definition) is 0. The molecular formula is C12H10Mo. The molecular weight excluding hydrogens is 240 g/mol. The predicted molar refractivity (Wildman–Crippen MR) is 52.2 cm³/mol. The van der Waals surface area contributed by atoms with Crippen molar-refractivity contribution in [1.29, 1.82) is 0 Å². The fourth-order valence-corrected chi connectivity index (χ4v) is 3.22. The molecule has 0 nitrogen and oxygen atoms in total. The summed E-state index contributed by atoms with van der Waals surface area (Å²) in [6.07, 6.45) is 0. The van der Waals surface area contributed by atoms with Gasteiger partial charge in [0.25, 0.3) is 0 Å². The van der Waals surface area contributed by atoms with E-state index in [1.165, 1.54) is 7.91 Å². The standard InChI is InChI=1S/2C6H5.Mo/c2*1-2-4-6-5-3-1;/h2*1-5H;. The van der Waals surface area contributed by atoms with Crippen molar-refractivity contribution in [3.63, 3.8) is 0 Å². The summed E-state index contributed by atoms with van der Waals surface area (Å²) in [5, 5.41) is 0. The second-order valence-electron chi connectivity index (χ2n) is 2.73. The van der Waals surface area contributed by atoms with E-state index in [9.17, 15) is 0 Å². The molecule has 0 saturated heterocycles. The van der Waals surface area contributed by atoms with Gasteiger partial charge in [0.15, 0.2) is 0 Å². The van der Waals surface area contributed by atoms with Gasteiger partial charge in [0.2, 0.25) is 0 Å². The molecule has 0 aliphatic rings. The Hall–Kier alpha value is -0.872. The molecule has 64 valence electrons. The van der Waals surface area contributed by atoms with E-state index in [1.54, 1.807) is 0 Å². The molecule has 1 heteroatoms. The molecule has 0 amide bonds. The number of rotatable bonds is 2. The molecule has 0 saturated carbocycles. The third-order valence-corrected chi connectivity index (χ3v) is 4.22. The third-order valence-electron chi connectivity index (χ3n) is 1.72. The van der Waals surface area contributed by atoms with Gasteiger partial charge in [-0.1, -0.05) is 0 Å². The number of benzene rings is 2. The van der Waals surface area contributed by atoms with Crippen LogP contribution in [0.1, 0.15) is 0 Å². The first-order valence-corrected chi connectivity index (χ1v) is 6.24. The predicted octanol–water partition coefficient (Wildman–Crippen LogP) is 1.72. The number of hydrogen-bond acceptors (Lipinski definition) is 0. The van der Waals surface area contributed by atoms with Gasteiger partial charge in [0, 0.05) is 0 Å². The molecule has 13 heavy (non-hydrogen) atoms. The summed E-state index contributed by atoms with van der Waals surface area (Å²) in [6, 6.07) is 21.5. The summed E-state index contributed by atoms with van der Waals surface area (Å²) in [4.78, 5) is 0. The molecule has 0 aliphatic carbocycles. The van der Waals surface area contributed by atoms with Crippen LogP contribution in [0.3, 0.4) is 0 Å². The molecule has 0 spiro atoms. The summed E-state index contributed by atoms with van der Waals surface area (Å²) >= 11 is -0.153. The van der Waals surface area contributed by atoms with Crippen molar-refractivity contribution in [1.82, 2.24) is 0 Å². The van der Waals surface area contributed by atoms with Crippen LogP contribution in [0, 0.1) is 0 Å². The summed E-state index contributed by atoms with van der Waals surface area (Å²) in [5.74, 6) is 0. The van der Waals surface area contributed by atoms with E-state index in [2.05, 4.69) is 60.7 Å². The molecule has 0 unspecified atom stereocenters. The van der Waals surface area contributed by atoms with Crippen LogP contribution in [0.4, 0.5) is 0 Å². The van der Waals surface area contributed by atoms with Crippen LogP contribution in [0.2, 0.25) is 0 Å². The van der Waals surface area contributed by atoms with Crippen LogP contribution in [0.15, 0.2) is 60.7 Å². The van der Waals surface area contributed by atoms with Crippen molar-refractivity contribution in [3.8, 4) is 0 Å². The van der Waals surface area contributed by atoms with E-state index >= 15 is 0 Å². The normalized spacial score (nSPS) is 9.85. The van der Waals surface area contributed by atoms with Crippen molar-refractivity contribution in [3.05, 3.63) is 60.7 Å². The average Bonchev–Trinajstić information content (AvgIpc) is 2.21. The molecule has 0 atom stereocenters. The first-order chi connectivity index (χ1) is 6.45. The molecule has 2 rings (SSSR count). The molecule has 0 heterocycles. The SMILES string of the molecule is c1cc[c]([Mo][c]2ccccc2)cc1. The summed E-state index contributed by atoms with van der Waals surface area (Å²) in [6.45, 7) is 0. The van der Waals surface area contributed by atoms with Gasteiger partial charge >= 0.3 is 87.1 Å². The van der Waals surface area contributed by atoms with Crippen LogP contribution in [-0.2, 0) is 18.6 Å². The van der Waals surface area contributed by atoms with E-state index < -0.39 is 0 Å². The van der Waals surface area contributed by atoms with Gasteiger partial charge < -0.3 is 0 Å². The zero-order valence-corrected chi connectivity index (χ0v) is 9.19. The van der Waals surface area contributed by atoms with E-state index in [0.717, 1.165) is 0 Å². The summed E-state index contributed by atoms with van der Waals surface area (Å²) in [5.41, 5.74) is 0. The zero-order valence-electron chi connectivity index (χ0n) is 7.18. The van der Waals surface area contributed by atoms with Crippen LogP contribution in [0.25, 0.3) is 0 Å². The van der Waals surface area contributed by atoms with Crippen molar-refractivity contribution < 1.29 is 18.6 Å². The second-order valence-corrected chi connectivity index (χ2v) is 5.55. The molecule has 0 aliphatic heterocycles. The Kier molecular flexibility index (Phi) is 2.94. The van der Waals surface area contributed by atoms with Crippen molar-refractivity contribution in [2.45, 2.75) is 0 Å². The molecule has 0 N–H and O–H groups in total. The Morgan fingerprint density at radius 2 is 0.923 bits per heavy atom. The average molecular weight is 250 g/mol. The van der Waals surface area contributed by atoms with Crippen molar-refractivity contribution in [2.75, 3.05) is 0 Å². The van der Waals surface area contributed by atoms with Crippen LogP contribution in [0.5, 0.6) is 0 Å². The van der Waals surface area contributed by atoms with Gasteiger partial charge in [-0.3, -0.25) is 0 Å².